The fourth-order valence-corrected chi connectivity index (χ4v) is 4.06. The Bertz CT molecular complexity index is 1040. The van der Waals surface area contributed by atoms with Crippen molar-refractivity contribution in [2.45, 2.75) is 31.7 Å². The highest BCUT2D eigenvalue weighted by Gasteiger charge is 2.33. The number of nitrogens with two attached hydrogens (primary N) is 1. The number of benzene rings is 2. The van der Waals surface area contributed by atoms with E-state index in [2.05, 4.69) is 10.3 Å². The summed E-state index contributed by atoms with van der Waals surface area (Å²) in [5.74, 6) is -1.15. The van der Waals surface area contributed by atoms with E-state index in [4.69, 9.17) is 5.73 Å². The second-order valence-electron chi connectivity index (χ2n) is 7.27. The molecule has 6 heteroatoms. The molecular formula is C22H21N3O3. The van der Waals surface area contributed by atoms with Gasteiger partial charge >= 0.3 is 0 Å². The lowest BCUT2D eigenvalue weighted by Gasteiger charge is -2.28. The Kier molecular flexibility index (Phi) is 4.77. The minimum Gasteiger partial charge on any atom is -0.368 e. The molecule has 4 rings (SSSR count). The third-order valence-corrected chi connectivity index (χ3v) is 5.40. The molecule has 3 aromatic rings. The van der Waals surface area contributed by atoms with E-state index in [0.29, 0.717) is 46.6 Å². The molecule has 142 valence electrons. The minimum absolute atomic E-state index is 0.108. The average molecular weight is 375 g/mol. The van der Waals surface area contributed by atoms with Crippen molar-refractivity contribution in [2.24, 2.45) is 11.7 Å². The zero-order valence-corrected chi connectivity index (χ0v) is 15.4. The number of pyridine rings is 1. The van der Waals surface area contributed by atoms with Gasteiger partial charge in [-0.3, -0.25) is 14.4 Å². The van der Waals surface area contributed by atoms with Crippen molar-refractivity contribution in [1.82, 2.24) is 10.3 Å². The first-order valence-corrected chi connectivity index (χ1v) is 9.44. The number of carbonyl (C=O) groups excluding carboxylic acids is 3. The van der Waals surface area contributed by atoms with E-state index in [1.807, 2.05) is 48.5 Å². The molecule has 0 bridgehead atoms. The number of amides is 2. The highest BCUT2D eigenvalue weighted by atomic mass is 16.2. The van der Waals surface area contributed by atoms with E-state index >= 15 is 0 Å². The van der Waals surface area contributed by atoms with E-state index in [9.17, 15) is 14.4 Å². The summed E-state index contributed by atoms with van der Waals surface area (Å²) in [6, 6.07) is 13.9. The summed E-state index contributed by atoms with van der Waals surface area (Å²) < 4.78 is 0. The lowest BCUT2D eigenvalue weighted by molar-refractivity contribution is -0.124. The summed E-state index contributed by atoms with van der Waals surface area (Å²) in [6.07, 6.45) is 2.20. The van der Waals surface area contributed by atoms with Gasteiger partial charge in [-0.25, -0.2) is 4.98 Å². The van der Waals surface area contributed by atoms with Gasteiger partial charge < -0.3 is 11.1 Å². The number of nitrogens with zero attached hydrogens (tertiary/aromatic N) is 1. The molecular weight excluding hydrogens is 354 g/mol. The van der Waals surface area contributed by atoms with E-state index < -0.39 is 11.9 Å². The number of hydrogen-bond acceptors (Lipinski definition) is 4. The Morgan fingerprint density at radius 2 is 1.64 bits per heavy atom. The van der Waals surface area contributed by atoms with Gasteiger partial charge in [-0.05, 0) is 30.9 Å². The Morgan fingerprint density at radius 3 is 2.21 bits per heavy atom. The van der Waals surface area contributed by atoms with E-state index in [1.165, 1.54) is 0 Å². The van der Waals surface area contributed by atoms with Crippen LogP contribution in [0.4, 0.5) is 0 Å². The number of nitrogens with one attached hydrogen (secondary N) is 1. The molecule has 6 nitrogen and oxygen atoms in total. The Hall–Kier alpha value is -3.28. The van der Waals surface area contributed by atoms with Crippen LogP contribution in [0.3, 0.4) is 0 Å². The monoisotopic (exact) mass is 375 g/mol. The van der Waals surface area contributed by atoms with Gasteiger partial charge in [0.25, 0.3) is 5.91 Å². The largest absolute Gasteiger partial charge is 0.368 e. The predicted octanol–water partition coefficient (Wildman–Crippen LogP) is 2.73. The third kappa shape index (κ3) is 3.33. The minimum atomic E-state index is -0.873. The van der Waals surface area contributed by atoms with Crippen molar-refractivity contribution >= 4 is 39.4 Å². The van der Waals surface area contributed by atoms with E-state index in [-0.39, 0.29) is 24.0 Å². The molecule has 0 radical (unpaired) electrons. The molecule has 0 unspecified atom stereocenters. The van der Waals surface area contributed by atoms with Crippen molar-refractivity contribution in [3.8, 4) is 0 Å². The molecule has 0 spiro atoms. The number of para-hydroxylation sites is 2. The number of aromatic nitrogens is 1. The fourth-order valence-electron chi connectivity index (χ4n) is 4.06. The SMILES string of the molecule is NC(=O)[C@H](NC(=O)c1c2ccccc2nc2ccccc12)[C@@H]1CCCC(=O)C1. The molecule has 2 atom stereocenters. The number of fused-ring (bicyclic) bond motifs is 2. The molecule has 0 aliphatic heterocycles. The lowest BCUT2D eigenvalue weighted by atomic mass is 9.82. The number of Topliss-reactive ketones (excluding diaryl/α,β-unsaturated/α-hetero) is 1. The van der Waals surface area contributed by atoms with Crippen LogP contribution in [0, 0.1) is 5.92 Å². The maximum atomic E-state index is 13.3. The van der Waals surface area contributed by atoms with Crippen molar-refractivity contribution in [3.05, 3.63) is 54.1 Å². The average Bonchev–Trinajstić information content (AvgIpc) is 2.69. The van der Waals surface area contributed by atoms with Gasteiger partial charge in [0.15, 0.2) is 0 Å². The van der Waals surface area contributed by atoms with Crippen molar-refractivity contribution < 1.29 is 14.4 Å². The van der Waals surface area contributed by atoms with Crippen LogP contribution >= 0.6 is 0 Å². The number of hydrogen-bond donors (Lipinski definition) is 2. The van der Waals surface area contributed by atoms with Crippen LogP contribution in [0.25, 0.3) is 21.8 Å². The Labute approximate surface area is 162 Å². The van der Waals surface area contributed by atoms with Crippen LogP contribution in [0.1, 0.15) is 36.0 Å². The maximum Gasteiger partial charge on any atom is 0.253 e. The van der Waals surface area contributed by atoms with Gasteiger partial charge in [0, 0.05) is 23.6 Å². The maximum absolute atomic E-state index is 13.3. The summed E-state index contributed by atoms with van der Waals surface area (Å²) in [6.45, 7) is 0. The molecule has 1 saturated carbocycles. The molecule has 2 aromatic carbocycles. The van der Waals surface area contributed by atoms with E-state index in [1.54, 1.807) is 0 Å². The van der Waals surface area contributed by atoms with Gasteiger partial charge in [-0.15, -0.1) is 0 Å². The smallest absolute Gasteiger partial charge is 0.253 e. The Balaban J connectivity index is 1.76. The first-order valence-electron chi connectivity index (χ1n) is 9.44. The second kappa shape index (κ2) is 7.38. The Morgan fingerprint density at radius 1 is 1.04 bits per heavy atom. The predicted molar refractivity (Wildman–Crippen MR) is 107 cm³/mol. The summed E-state index contributed by atoms with van der Waals surface area (Å²) in [4.78, 5) is 41.8. The van der Waals surface area contributed by atoms with Crippen LogP contribution in [0.5, 0.6) is 0 Å². The van der Waals surface area contributed by atoms with Crippen molar-refractivity contribution in [1.29, 1.82) is 0 Å². The van der Waals surface area contributed by atoms with Crippen molar-refractivity contribution in [2.75, 3.05) is 0 Å². The summed E-state index contributed by atoms with van der Waals surface area (Å²) >= 11 is 0. The number of carbonyl (C=O) groups is 3. The molecule has 3 N–H and O–H groups in total. The summed E-state index contributed by atoms with van der Waals surface area (Å²) in [5, 5.41) is 4.23. The second-order valence-corrected chi connectivity index (χ2v) is 7.27. The normalized spacial score (nSPS) is 18.1. The lowest BCUT2D eigenvalue weighted by Crippen LogP contribution is -2.50. The summed E-state index contributed by atoms with van der Waals surface area (Å²) in [7, 11) is 0. The standard InChI is InChI=1S/C22H21N3O3/c23-21(27)20(13-6-5-7-14(26)12-13)25-22(28)19-15-8-1-3-10-17(15)24-18-11-4-2-9-16(18)19/h1-4,8-11,13,20H,5-7,12H2,(H2,23,27)(H,25,28)/t13-,20-/m1/s1. The highest BCUT2D eigenvalue weighted by molar-refractivity contribution is 6.16. The zero-order valence-electron chi connectivity index (χ0n) is 15.4. The van der Waals surface area contributed by atoms with Gasteiger partial charge in [0.1, 0.15) is 11.8 Å². The quantitative estimate of drug-likeness (QED) is 0.685. The van der Waals surface area contributed by atoms with Crippen LogP contribution in [0.15, 0.2) is 48.5 Å². The van der Waals surface area contributed by atoms with E-state index in [0.717, 1.165) is 0 Å². The molecule has 1 fully saturated rings. The third-order valence-electron chi connectivity index (χ3n) is 5.40. The van der Waals surface area contributed by atoms with Gasteiger partial charge in [-0.2, -0.15) is 0 Å². The molecule has 1 aliphatic rings. The van der Waals surface area contributed by atoms with Crippen LogP contribution in [-0.4, -0.2) is 28.6 Å². The van der Waals surface area contributed by atoms with Crippen molar-refractivity contribution in [3.63, 3.8) is 0 Å². The fraction of sp³-hybridized carbons (Fsp3) is 0.273. The highest BCUT2D eigenvalue weighted by Crippen LogP contribution is 2.28. The number of primary amides is 1. The van der Waals surface area contributed by atoms with Crippen LogP contribution in [0.2, 0.25) is 0 Å². The molecule has 0 saturated heterocycles. The van der Waals surface area contributed by atoms with Gasteiger partial charge in [0.05, 0.1) is 16.6 Å². The van der Waals surface area contributed by atoms with Gasteiger partial charge in [0.2, 0.25) is 5.91 Å². The zero-order chi connectivity index (χ0) is 19.7. The first kappa shape index (κ1) is 18.1. The number of rotatable bonds is 4. The molecule has 28 heavy (non-hydrogen) atoms. The molecule has 1 aromatic heterocycles. The first-order chi connectivity index (χ1) is 13.5. The van der Waals surface area contributed by atoms with Crippen LogP contribution in [-0.2, 0) is 9.59 Å². The topological polar surface area (TPSA) is 102 Å². The number of ketones is 1. The molecule has 2 amide bonds. The van der Waals surface area contributed by atoms with Crippen LogP contribution < -0.4 is 11.1 Å². The molecule has 1 aliphatic carbocycles. The summed E-state index contributed by atoms with van der Waals surface area (Å²) in [5.41, 5.74) is 7.46. The van der Waals surface area contributed by atoms with Gasteiger partial charge in [-0.1, -0.05) is 36.4 Å². The molecule has 1 heterocycles.